The highest BCUT2D eigenvalue weighted by molar-refractivity contribution is 5.86. The van der Waals surface area contributed by atoms with Gasteiger partial charge in [-0.1, -0.05) is 33.6 Å². The number of hydrogen-bond acceptors (Lipinski definition) is 2. The van der Waals surface area contributed by atoms with Gasteiger partial charge in [0, 0.05) is 31.8 Å². The molecular weight excluding hydrogens is 226 g/mol. The third-order valence-corrected chi connectivity index (χ3v) is 3.89. The topological polar surface area (TPSA) is 37.4 Å². The molecule has 1 aliphatic rings. The van der Waals surface area contributed by atoms with Gasteiger partial charge in [0.2, 0.25) is 5.91 Å². The Balaban J connectivity index is 2.26. The molecular formula is C15H27NO2. The van der Waals surface area contributed by atoms with Gasteiger partial charge in [-0.3, -0.25) is 9.59 Å². The fourth-order valence-electron chi connectivity index (χ4n) is 2.56. The van der Waals surface area contributed by atoms with Crippen LogP contribution in [0.1, 0.15) is 59.3 Å². The standard InChI is InChI=1S/C15H27NO2/c1-4-5-13-8-10-16(11-9-13)15(18)7-6-14(17)12(2)3/h12-13H,4-11H2,1-3H3. The number of ketones is 1. The molecule has 1 fully saturated rings. The van der Waals surface area contributed by atoms with E-state index in [1.807, 2.05) is 18.7 Å². The van der Waals surface area contributed by atoms with Crippen LogP contribution in [0.2, 0.25) is 0 Å². The number of likely N-dealkylation sites (tertiary alicyclic amines) is 1. The maximum atomic E-state index is 12.0. The van der Waals surface area contributed by atoms with Gasteiger partial charge in [-0.25, -0.2) is 0 Å². The average molecular weight is 253 g/mol. The summed E-state index contributed by atoms with van der Waals surface area (Å²) in [5.74, 6) is 1.22. The molecule has 3 nitrogen and oxygen atoms in total. The number of rotatable bonds is 6. The minimum atomic E-state index is 0.0492. The Bertz CT molecular complexity index is 278. The summed E-state index contributed by atoms with van der Waals surface area (Å²) in [6, 6.07) is 0. The highest BCUT2D eigenvalue weighted by Gasteiger charge is 2.22. The Morgan fingerprint density at radius 2 is 1.78 bits per heavy atom. The summed E-state index contributed by atoms with van der Waals surface area (Å²) in [5, 5.41) is 0. The molecule has 0 radical (unpaired) electrons. The van der Waals surface area contributed by atoms with Crippen molar-refractivity contribution in [2.45, 2.75) is 59.3 Å². The molecule has 0 bridgehead atoms. The van der Waals surface area contributed by atoms with Crippen LogP contribution in [0.4, 0.5) is 0 Å². The van der Waals surface area contributed by atoms with Gasteiger partial charge in [-0.15, -0.1) is 0 Å². The molecule has 0 unspecified atom stereocenters. The van der Waals surface area contributed by atoms with E-state index in [4.69, 9.17) is 0 Å². The fraction of sp³-hybridized carbons (Fsp3) is 0.867. The van der Waals surface area contributed by atoms with Crippen molar-refractivity contribution >= 4 is 11.7 Å². The second-order valence-electron chi connectivity index (χ2n) is 5.73. The minimum Gasteiger partial charge on any atom is -0.343 e. The first-order valence-corrected chi connectivity index (χ1v) is 7.35. The largest absolute Gasteiger partial charge is 0.343 e. The Morgan fingerprint density at radius 3 is 2.28 bits per heavy atom. The van der Waals surface area contributed by atoms with Crippen molar-refractivity contribution in [3.05, 3.63) is 0 Å². The molecule has 1 aliphatic heterocycles. The third-order valence-electron chi connectivity index (χ3n) is 3.89. The van der Waals surface area contributed by atoms with Gasteiger partial charge >= 0.3 is 0 Å². The van der Waals surface area contributed by atoms with Crippen molar-refractivity contribution < 1.29 is 9.59 Å². The highest BCUT2D eigenvalue weighted by atomic mass is 16.2. The molecule has 1 rings (SSSR count). The van der Waals surface area contributed by atoms with E-state index in [9.17, 15) is 9.59 Å². The zero-order valence-electron chi connectivity index (χ0n) is 12.1. The molecule has 0 aromatic rings. The van der Waals surface area contributed by atoms with Gasteiger partial charge in [0.1, 0.15) is 5.78 Å². The van der Waals surface area contributed by atoms with Crippen molar-refractivity contribution in [2.75, 3.05) is 13.1 Å². The Hall–Kier alpha value is -0.860. The third kappa shape index (κ3) is 4.79. The molecule has 0 aliphatic carbocycles. The molecule has 0 saturated carbocycles. The SMILES string of the molecule is CCCC1CCN(C(=O)CCC(=O)C(C)C)CC1. The summed E-state index contributed by atoms with van der Waals surface area (Å²) in [6.07, 6.45) is 5.60. The lowest BCUT2D eigenvalue weighted by Crippen LogP contribution is -2.38. The van der Waals surface area contributed by atoms with Gasteiger partial charge < -0.3 is 4.90 Å². The molecule has 0 N–H and O–H groups in total. The van der Waals surface area contributed by atoms with E-state index in [0.29, 0.717) is 12.8 Å². The van der Waals surface area contributed by atoms with Crippen molar-refractivity contribution in [1.29, 1.82) is 0 Å². The van der Waals surface area contributed by atoms with Crippen LogP contribution in [0, 0.1) is 11.8 Å². The summed E-state index contributed by atoms with van der Waals surface area (Å²) in [6.45, 7) is 7.78. The van der Waals surface area contributed by atoms with E-state index in [1.54, 1.807) is 0 Å². The number of amides is 1. The maximum Gasteiger partial charge on any atom is 0.223 e. The molecule has 18 heavy (non-hydrogen) atoms. The average Bonchev–Trinajstić information content (AvgIpc) is 2.36. The van der Waals surface area contributed by atoms with Crippen LogP contribution in [0.5, 0.6) is 0 Å². The van der Waals surface area contributed by atoms with Crippen LogP contribution >= 0.6 is 0 Å². The van der Waals surface area contributed by atoms with Crippen LogP contribution in [0.25, 0.3) is 0 Å². The van der Waals surface area contributed by atoms with Crippen molar-refractivity contribution in [1.82, 2.24) is 4.90 Å². The van der Waals surface area contributed by atoms with Crippen LogP contribution in [0.15, 0.2) is 0 Å². The summed E-state index contributed by atoms with van der Waals surface area (Å²) in [5.41, 5.74) is 0. The van der Waals surface area contributed by atoms with Crippen LogP contribution in [-0.4, -0.2) is 29.7 Å². The van der Waals surface area contributed by atoms with Gasteiger partial charge in [-0.2, -0.15) is 0 Å². The van der Waals surface area contributed by atoms with Gasteiger partial charge in [0.25, 0.3) is 0 Å². The van der Waals surface area contributed by atoms with Crippen molar-refractivity contribution in [2.24, 2.45) is 11.8 Å². The second-order valence-corrected chi connectivity index (χ2v) is 5.73. The Kier molecular flexibility index (Phi) is 6.37. The normalized spacial score (nSPS) is 17.2. The predicted molar refractivity (Wildman–Crippen MR) is 73.3 cm³/mol. The van der Waals surface area contributed by atoms with E-state index in [0.717, 1.165) is 31.8 Å². The first-order valence-electron chi connectivity index (χ1n) is 7.35. The van der Waals surface area contributed by atoms with Gasteiger partial charge in [-0.05, 0) is 18.8 Å². The Morgan fingerprint density at radius 1 is 1.17 bits per heavy atom. The van der Waals surface area contributed by atoms with E-state index < -0.39 is 0 Å². The quantitative estimate of drug-likeness (QED) is 0.729. The lowest BCUT2D eigenvalue weighted by Gasteiger charge is -2.32. The lowest BCUT2D eigenvalue weighted by molar-refractivity contribution is -0.134. The fourth-order valence-corrected chi connectivity index (χ4v) is 2.56. The monoisotopic (exact) mass is 253 g/mol. The first kappa shape index (κ1) is 15.2. The zero-order chi connectivity index (χ0) is 13.5. The van der Waals surface area contributed by atoms with E-state index in [-0.39, 0.29) is 17.6 Å². The molecule has 0 aromatic carbocycles. The molecule has 0 atom stereocenters. The Labute approximate surface area is 111 Å². The summed E-state index contributed by atoms with van der Waals surface area (Å²) < 4.78 is 0. The van der Waals surface area contributed by atoms with Crippen molar-refractivity contribution in [3.8, 4) is 0 Å². The number of carbonyl (C=O) groups excluding carboxylic acids is 2. The smallest absolute Gasteiger partial charge is 0.223 e. The molecule has 3 heteroatoms. The van der Waals surface area contributed by atoms with Crippen LogP contribution in [-0.2, 0) is 9.59 Å². The summed E-state index contributed by atoms with van der Waals surface area (Å²) >= 11 is 0. The van der Waals surface area contributed by atoms with Crippen molar-refractivity contribution in [3.63, 3.8) is 0 Å². The number of carbonyl (C=O) groups is 2. The maximum absolute atomic E-state index is 12.0. The number of hydrogen-bond donors (Lipinski definition) is 0. The number of nitrogens with zero attached hydrogens (tertiary/aromatic N) is 1. The molecule has 1 saturated heterocycles. The number of piperidine rings is 1. The predicted octanol–water partition coefficient (Wildman–Crippen LogP) is 3.03. The highest BCUT2D eigenvalue weighted by Crippen LogP contribution is 2.22. The zero-order valence-corrected chi connectivity index (χ0v) is 12.1. The van der Waals surface area contributed by atoms with E-state index >= 15 is 0 Å². The lowest BCUT2D eigenvalue weighted by atomic mass is 9.92. The molecule has 1 heterocycles. The molecule has 0 aromatic heterocycles. The molecule has 104 valence electrons. The second kappa shape index (κ2) is 7.55. The first-order chi connectivity index (χ1) is 8.54. The minimum absolute atomic E-state index is 0.0492. The van der Waals surface area contributed by atoms with Gasteiger partial charge in [0.15, 0.2) is 0 Å². The number of Topliss-reactive ketones (excluding diaryl/α,β-unsaturated/α-hetero) is 1. The van der Waals surface area contributed by atoms with Crippen LogP contribution in [0.3, 0.4) is 0 Å². The van der Waals surface area contributed by atoms with Gasteiger partial charge in [0.05, 0.1) is 0 Å². The summed E-state index contributed by atoms with van der Waals surface area (Å²) in [7, 11) is 0. The van der Waals surface area contributed by atoms with Crippen LogP contribution < -0.4 is 0 Å². The molecule has 1 amide bonds. The van der Waals surface area contributed by atoms with E-state index in [2.05, 4.69) is 6.92 Å². The van der Waals surface area contributed by atoms with E-state index in [1.165, 1.54) is 12.8 Å². The molecule has 0 spiro atoms. The summed E-state index contributed by atoms with van der Waals surface area (Å²) in [4.78, 5) is 25.4.